The second kappa shape index (κ2) is 6.31. The Morgan fingerprint density at radius 2 is 2.29 bits per heavy atom. The normalized spacial score (nSPS) is 28.5. The molecule has 2 bridgehead atoms. The minimum absolute atomic E-state index is 0.0897. The molecule has 3 saturated heterocycles. The van der Waals surface area contributed by atoms with E-state index in [0.717, 1.165) is 38.0 Å². The molecule has 5 rings (SSSR count). The fourth-order valence-corrected chi connectivity index (χ4v) is 4.60. The number of carbonyl (C=O) groups is 1. The van der Waals surface area contributed by atoms with Gasteiger partial charge < -0.3 is 14.4 Å². The summed E-state index contributed by atoms with van der Waals surface area (Å²) in [6.07, 6.45) is 6.93. The summed E-state index contributed by atoms with van der Waals surface area (Å²) in [5, 5.41) is 14.0. The van der Waals surface area contributed by atoms with Gasteiger partial charge in [-0.2, -0.15) is 11.3 Å². The Hall–Kier alpha value is -1.70. The van der Waals surface area contributed by atoms with Crippen molar-refractivity contribution in [1.82, 2.24) is 14.5 Å². The van der Waals surface area contributed by atoms with Crippen molar-refractivity contribution in [3.05, 3.63) is 41.1 Å². The second-order valence-electron chi connectivity index (χ2n) is 6.58. The molecule has 3 fully saturated rings. The maximum atomic E-state index is 13.2. The van der Waals surface area contributed by atoms with Crippen LogP contribution in [0, 0.1) is 5.92 Å². The maximum absolute atomic E-state index is 13.2. The smallest absolute Gasteiger partial charge is 0.339 e. The number of nitrogens with zero attached hydrogens (tertiary/aromatic N) is 3. The summed E-state index contributed by atoms with van der Waals surface area (Å²) >= 11 is 1.49. The van der Waals surface area contributed by atoms with Gasteiger partial charge in [-0.25, -0.2) is 9.78 Å². The van der Waals surface area contributed by atoms with Gasteiger partial charge in [0.05, 0.1) is 12.9 Å². The third-order valence-electron chi connectivity index (χ3n) is 5.37. The Morgan fingerprint density at radius 1 is 1.46 bits per heavy atom. The molecule has 128 valence electrons. The molecule has 2 atom stereocenters. The summed E-state index contributed by atoms with van der Waals surface area (Å²) in [4.78, 5) is 19.6. The molecule has 0 amide bonds. The first-order valence-corrected chi connectivity index (χ1v) is 9.24. The van der Waals surface area contributed by atoms with Crippen molar-refractivity contribution in [2.75, 3.05) is 26.2 Å². The van der Waals surface area contributed by atoms with Gasteiger partial charge in [-0.1, -0.05) is 0 Å². The van der Waals surface area contributed by atoms with E-state index >= 15 is 0 Å². The lowest BCUT2D eigenvalue weighted by molar-refractivity contribution is -0.169. The molecular formula is C17H21N3O3S. The van der Waals surface area contributed by atoms with Gasteiger partial charge in [0.25, 0.3) is 0 Å². The van der Waals surface area contributed by atoms with Gasteiger partial charge in [-0.15, -0.1) is 0 Å². The van der Waals surface area contributed by atoms with Crippen LogP contribution in [0.3, 0.4) is 0 Å². The van der Waals surface area contributed by atoms with Gasteiger partial charge >= 0.3 is 5.97 Å². The topological polar surface area (TPSA) is 67.6 Å². The summed E-state index contributed by atoms with van der Waals surface area (Å²) in [6, 6.07) is 1.86. The van der Waals surface area contributed by atoms with Crippen LogP contribution in [0.15, 0.2) is 35.5 Å². The summed E-state index contributed by atoms with van der Waals surface area (Å²) in [7, 11) is 0. The highest BCUT2D eigenvalue weighted by atomic mass is 32.1. The van der Waals surface area contributed by atoms with Crippen molar-refractivity contribution in [2.45, 2.75) is 24.5 Å². The second-order valence-corrected chi connectivity index (χ2v) is 7.36. The van der Waals surface area contributed by atoms with Crippen molar-refractivity contribution >= 4 is 17.3 Å². The van der Waals surface area contributed by atoms with Gasteiger partial charge in [0, 0.05) is 24.5 Å². The van der Waals surface area contributed by atoms with E-state index in [0.29, 0.717) is 5.92 Å². The van der Waals surface area contributed by atoms with Crippen molar-refractivity contribution in [3.8, 4) is 0 Å². The van der Waals surface area contributed by atoms with Crippen LogP contribution in [0.1, 0.15) is 18.4 Å². The molecule has 1 unspecified atom stereocenters. The number of piperidine rings is 3. The van der Waals surface area contributed by atoms with E-state index in [1.54, 1.807) is 23.3 Å². The molecule has 1 N–H and O–H groups in total. The first-order chi connectivity index (χ1) is 11.7. The van der Waals surface area contributed by atoms with E-state index in [9.17, 15) is 9.90 Å². The van der Waals surface area contributed by atoms with Gasteiger partial charge in [0.15, 0.2) is 5.54 Å². The van der Waals surface area contributed by atoms with Crippen molar-refractivity contribution in [3.63, 3.8) is 0 Å². The summed E-state index contributed by atoms with van der Waals surface area (Å²) in [5.41, 5.74) is -0.526. The number of fused-ring (bicyclic) bond motifs is 3. The van der Waals surface area contributed by atoms with Gasteiger partial charge in [-0.05, 0) is 48.7 Å². The van der Waals surface area contributed by atoms with Crippen LogP contribution in [-0.2, 0) is 15.1 Å². The average molecular weight is 347 g/mol. The third kappa shape index (κ3) is 2.47. The van der Waals surface area contributed by atoms with Crippen LogP contribution in [-0.4, -0.2) is 57.9 Å². The Bertz CT molecular complexity index is 644. The third-order valence-corrected chi connectivity index (χ3v) is 6.05. The Kier molecular flexibility index (Phi) is 4.15. The molecule has 2 aromatic heterocycles. The molecule has 5 heterocycles. The van der Waals surface area contributed by atoms with Crippen LogP contribution >= 0.6 is 11.3 Å². The maximum Gasteiger partial charge on any atom is 0.339 e. The predicted octanol–water partition coefficient (Wildman–Crippen LogP) is 1.32. The van der Waals surface area contributed by atoms with E-state index in [1.165, 1.54) is 11.3 Å². The zero-order valence-corrected chi connectivity index (χ0v) is 14.2. The standard InChI is InChI=1S/C17H21N3O3S/c21-11-17(14-3-8-24-10-14,20-7-4-18-12-20)16(22)23-15-9-19-5-1-13(15)2-6-19/h3-4,7-8,10,12-13,15,21H,1-2,5-6,9,11H2/t15-,17?/m0/s1. The van der Waals surface area contributed by atoms with E-state index in [2.05, 4.69) is 9.88 Å². The number of carbonyl (C=O) groups excluding carboxylic acids is 1. The van der Waals surface area contributed by atoms with Gasteiger partial charge in [-0.3, -0.25) is 4.90 Å². The number of aromatic nitrogens is 2. The zero-order valence-electron chi connectivity index (χ0n) is 13.4. The Morgan fingerprint density at radius 3 is 2.83 bits per heavy atom. The Balaban J connectivity index is 1.65. The molecule has 7 heteroatoms. The number of thiophene rings is 1. The number of aliphatic hydroxyl groups is 1. The number of rotatable bonds is 5. The molecule has 0 aromatic carbocycles. The first kappa shape index (κ1) is 15.8. The monoisotopic (exact) mass is 347 g/mol. The molecule has 0 aliphatic carbocycles. The number of imidazole rings is 1. The molecule has 2 aromatic rings. The van der Waals surface area contributed by atoms with E-state index in [1.807, 2.05) is 16.8 Å². The largest absolute Gasteiger partial charge is 0.459 e. The Labute approximate surface area is 144 Å². The lowest BCUT2D eigenvalue weighted by atomic mass is 9.85. The number of esters is 1. The molecule has 3 aliphatic rings. The molecular weight excluding hydrogens is 326 g/mol. The number of hydrogen-bond donors (Lipinski definition) is 1. The number of hydrogen-bond acceptors (Lipinski definition) is 6. The highest BCUT2D eigenvalue weighted by molar-refractivity contribution is 7.08. The SMILES string of the molecule is O=C(O[C@H]1CN2CCC1CC2)C(CO)(c1ccsc1)n1ccnc1. The highest BCUT2D eigenvalue weighted by Crippen LogP contribution is 2.34. The predicted molar refractivity (Wildman–Crippen MR) is 89.8 cm³/mol. The number of aliphatic hydroxyl groups excluding tert-OH is 1. The molecule has 24 heavy (non-hydrogen) atoms. The first-order valence-electron chi connectivity index (χ1n) is 8.29. The average Bonchev–Trinajstić information content (AvgIpc) is 3.32. The van der Waals surface area contributed by atoms with E-state index < -0.39 is 11.5 Å². The van der Waals surface area contributed by atoms with Crippen molar-refractivity contribution < 1.29 is 14.6 Å². The molecule has 0 saturated carbocycles. The van der Waals surface area contributed by atoms with E-state index in [-0.39, 0.29) is 12.7 Å². The summed E-state index contributed by atoms with van der Waals surface area (Å²) in [5.74, 6) is 0.0285. The van der Waals surface area contributed by atoms with Crippen LogP contribution in [0.4, 0.5) is 0 Å². The summed E-state index contributed by atoms with van der Waals surface area (Å²) < 4.78 is 7.60. The van der Waals surface area contributed by atoms with Gasteiger partial charge in [0.1, 0.15) is 6.10 Å². The molecule has 6 nitrogen and oxygen atoms in total. The lowest BCUT2D eigenvalue weighted by Crippen LogP contribution is -2.55. The van der Waals surface area contributed by atoms with Crippen LogP contribution in [0.2, 0.25) is 0 Å². The number of ether oxygens (including phenoxy) is 1. The van der Waals surface area contributed by atoms with Crippen LogP contribution in [0.5, 0.6) is 0 Å². The molecule has 0 spiro atoms. The fourth-order valence-electron chi connectivity index (χ4n) is 3.87. The van der Waals surface area contributed by atoms with Gasteiger partial charge in [0.2, 0.25) is 0 Å². The quantitative estimate of drug-likeness (QED) is 0.826. The van der Waals surface area contributed by atoms with Crippen LogP contribution in [0.25, 0.3) is 0 Å². The molecule has 0 radical (unpaired) electrons. The van der Waals surface area contributed by atoms with Crippen molar-refractivity contribution in [1.29, 1.82) is 0 Å². The summed E-state index contributed by atoms with van der Waals surface area (Å²) in [6.45, 7) is 2.62. The van der Waals surface area contributed by atoms with Crippen LogP contribution < -0.4 is 0 Å². The van der Waals surface area contributed by atoms with E-state index in [4.69, 9.17) is 4.74 Å². The van der Waals surface area contributed by atoms with Crippen molar-refractivity contribution in [2.24, 2.45) is 5.92 Å². The molecule has 3 aliphatic heterocycles. The minimum Gasteiger partial charge on any atom is -0.459 e. The minimum atomic E-state index is -1.26. The fraction of sp³-hybridized carbons (Fsp3) is 0.529. The zero-order chi connectivity index (χ0) is 16.6. The highest BCUT2D eigenvalue weighted by Gasteiger charge is 2.46. The lowest BCUT2D eigenvalue weighted by Gasteiger charge is -2.45.